The lowest BCUT2D eigenvalue weighted by atomic mass is 10.1. The van der Waals surface area contributed by atoms with E-state index in [4.69, 9.17) is 4.74 Å². The SMILES string of the molecule is O=C(O)c1sc2ccccc2c1COc1ccc(F)cc1. The minimum atomic E-state index is -0.964. The number of rotatable bonds is 4. The van der Waals surface area contributed by atoms with Gasteiger partial charge in [0.1, 0.15) is 23.1 Å². The van der Waals surface area contributed by atoms with Crippen molar-refractivity contribution in [3.05, 3.63) is 64.8 Å². The first-order valence-electron chi connectivity index (χ1n) is 6.27. The Kier molecular flexibility index (Phi) is 3.58. The van der Waals surface area contributed by atoms with Crippen LogP contribution in [0.25, 0.3) is 10.1 Å². The lowest BCUT2D eigenvalue weighted by Crippen LogP contribution is -2.02. The van der Waals surface area contributed by atoms with Crippen LogP contribution in [-0.2, 0) is 6.61 Å². The number of benzene rings is 2. The molecule has 1 N–H and O–H groups in total. The minimum absolute atomic E-state index is 0.136. The maximum absolute atomic E-state index is 12.8. The summed E-state index contributed by atoms with van der Waals surface area (Å²) < 4.78 is 19.3. The Hall–Kier alpha value is -2.40. The van der Waals surface area contributed by atoms with E-state index < -0.39 is 5.97 Å². The average molecular weight is 302 g/mol. The summed E-state index contributed by atoms with van der Waals surface area (Å²) >= 11 is 1.23. The first-order valence-corrected chi connectivity index (χ1v) is 7.09. The molecular formula is C16H11FO3S. The van der Waals surface area contributed by atoms with Gasteiger partial charge in [0.2, 0.25) is 0 Å². The van der Waals surface area contributed by atoms with Crippen LogP contribution >= 0.6 is 11.3 Å². The minimum Gasteiger partial charge on any atom is -0.489 e. The first-order chi connectivity index (χ1) is 10.1. The highest BCUT2D eigenvalue weighted by atomic mass is 32.1. The third-order valence-corrected chi connectivity index (χ3v) is 4.29. The van der Waals surface area contributed by atoms with E-state index in [2.05, 4.69) is 0 Å². The molecule has 3 aromatic rings. The van der Waals surface area contributed by atoms with Crippen molar-refractivity contribution in [2.45, 2.75) is 6.61 Å². The second-order valence-corrected chi connectivity index (χ2v) is 5.51. The van der Waals surface area contributed by atoms with Crippen molar-refractivity contribution in [2.24, 2.45) is 0 Å². The molecule has 0 bridgehead atoms. The normalized spacial score (nSPS) is 10.7. The third-order valence-electron chi connectivity index (χ3n) is 3.09. The van der Waals surface area contributed by atoms with Gasteiger partial charge in [-0.15, -0.1) is 11.3 Å². The van der Waals surface area contributed by atoms with Crippen LogP contribution in [-0.4, -0.2) is 11.1 Å². The van der Waals surface area contributed by atoms with Crippen molar-refractivity contribution < 1.29 is 19.0 Å². The molecule has 2 aromatic carbocycles. The van der Waals surface area contributed by atoms with Gasteiger partial charge < -0.3 is 9.84 Å². The number of hydrogen-bond acceptors (Lipinski definition) is 3. The molecule has 0 amide bonds. The second kappa shape index (κ2) is 5.54. The van der Waals surface area contributed by atoms with Gasteiger partial charge in [-0.3, -0.25) is 0 Å². The van der Waals surface area contributed by atoms with Crippen LogP contribution in [0, 0.1) is 5.82 Å². The van der Waals surface area contributed by atoms with Crippen LogP contribution in [0.5, 0.6) is 5.75 Å². The number of aromatic carboxylic acids is 1. The van der Waals surface area contributed by atoms with E-state index in [9.17, 15) is 14.3 Å². The van der Waals surface area contributed by atoms with Crippen LogP contribution < -0.4 is 4.74 Å². The molecule has 0 aliphatic heterocycles. The molecule has 0 radical (unpaired) electrons. The quantitative estimate of drug-likeness (QED) is 0.781. The standard InChI is InChI=1S/C16H11FO3S/c17-10-5-7-11(8-6-10)20-9-13-12-3-1-2-4-14(12)21-15(13)16(18)19/h1-8H,9H2,(H,18,19). The summed E-state index contributed by atoms with van der Waals surface area (Å²) in [5.74, 6) is -0.800. The largest absolute Gasteiger partial charge is 0.489 e. The Labute approximate surface area is 124 Å². The molecule has 0 fully saturated rings. The van der Waals surface area contributed by atoms with Gasteiger partial charge in [0.05, 0.1) is 0 Å². The van der Waals surface area contributed by atoms with Crippen LogP contribution in [0.1, 0.15) is 15.2 Å². The lowest BCUT2D eigenvalue weighted by molar-refractivity contribution is 0.0699. The average Bonchev–Trinajstić information content (AvgIpc) is 2.86. The van der Waals surface area contributed by atoms with E-state index in [1.54, 1.807) is 0 Å². The third kappa shape index (κ3) is 2.73. The first kappa shape index (κ1) is 13.6. The molecule has 1 aromatic heterocycles. The molecule has 0 spiro atoms. The van der Waals surface area contributed by atoms with Gasteiger partial charge in [-0.1, -0.05) is 18.2 Å². The van der Waals surface area contributed by atoms with E-state index in [1.807, 2.05) is 24.3 Å². The van der Waals surface area contributed by atoms with E-state index in [1.165, 1.54) is 35.6 Å². The maximum atomic E-state index is 12.8. The summed E-state index contributed by atoms with van der Waals surface area (Å²) in [6.07, 6.45) is 0. The molecule has 3 nitrogen and oxygen atoms in total. The Morgan fingerprint density at radius 1 is 1.14 bits per heavy atom. The molecule has 3 rings (SSSR count). The van der Waals surface area contributed by atoms with Crippen LogP contribution in [0.3, 0.4) is 0 Å². The Bertz CT molecular complexity index is 793. The topological polar surface area (TPSA) is 46.5 Å². The molecule has 0 atom stereocenters. The smallest absolute Gasteiger partial charge is 0.346 e. The molecule has 0 unspecified atom stereocenters. The van der Waals surface area contributed by atoms with E-state index in [0.29, 0.717) is 11.3 Å². The maximum Gasteiger partial charge on any atom is 0.346 e. The second-order valence-electron chi connectivity index (χ2n) is 4.45. The van der Waals surface area contributed by atoms with E-state index in [0.717, 1.165) is 10.1 Å². The van der Waals surface area contributed by atoms with Gasteiger partial charge in [-0.05, 0) is 35.7 Å². The molecule has 0 aliphatic rings. The summed E-state index contributed by atoms with van der Waals surface area (Å²) in [6, 6.07) is 13.1. The summed E-state index contributed by atoms with van der Waals surface area (Å²) in [4.78, 5) is 11.6. The molecule has 0 saturated carbocycles. The number of carboxylic acid groups (broad SMARTS) is 1. The van der Waals surface area contributed by atoms with Crippen molar-refractivity contribution in [1.82, 2.24) is 0 Å². The van der Waals surface area contributed by atoms with Crippen molar-refractivity contribution in [1.29, 1.82) is 0 Å². The van der Waals surface area contributed by atoms with Crippen molar-refractivity contribution in [2.75, 3.05) is 0 Å². The molecule has 21 heavy (non-hydrogen) atoms. The fourth-order valence-corrected chi connectivity index (χ4v) is 3.15. The van der Waals surface area contributed by atoms with Gasteiger partial charge in [-0.2, -0.15) is 0 Å². The van der Waals surface area contributed by atoms with E-state index >= 15 is 0 Å². The number of hydrogen-bond donors (Lipinski definition) is 1. The molecule has 0 saturated heterocycles. The van der Waals surface area contributed by atoms with Crippen molar-refractivity contribution >= 4 is 27.4 Å². The summed E-state index contributed by atoms with van der Waals surface area (Å²) in [5, 5.41) is 10.2. The number of carboxylic acids is 1. The highest BCUT2D eigenvalue weighted by Crippen LogP contribution is 2.32. The van der Waals surface area contributed by atoms with Crippen LogP contribution in [0.2, 0.25) is 0 Å². The van der Waals surface area contributed by atoms with Crippen LogP contribution in [0.15, 0.2) is 48.5 Å². The number of thiophene rings is 1. The van der Waals surface area contributed by atoms with Gasteiger partial charge >= 0.3 is 5.97 Å². The lowest BCUT2D eigenvalue weighted by Gasteiger charge is -2.06. The zero-order valence-electron chi connectivity index (χ0n) is 10.9. The highest BCUT2D eigenvalue weighted by molar-refractivity contribution is 7.21. The Morgan fingerprint density at radius 2 is 1.86 bits per heavy atom. The van der Waals surface area contributed by atoms with Crippen molar-refractivity contribution in [3.8, 4) is 5.75 Å². The monoisotopic (exact) mass is 302 g/mol. The van der Waals surface area contributed by atoms with Gasteiger partial charge in [-0.25, -0.2) is 9.18 Å². The fourth-order valence-electron chi connectivity index (χ4n) is 2.10. The summed E-state index contributed by atoms with van der Waals surface area (Å²) in [5.41, 5.74) is 0.646. The van der Waals surface area contributed by atoms with Gasteiger partial charge in [0.25, 0.3) is 0 Å². The van der Waals surface area contributed by atoms with E-state index in [-0.39, 0.29) is 17.3 Å². The fraction of sp³-hybridized carbons (Fsp3) is 0.0625. The molecule has 106 valence electrons. The number of fused-ring (bicyclic) bond motifs is 1. The number of carbonyl (C=O) groups is 1. The molecule has 1 heterocycles. The van der Waals surface area contributed by atoms with Crippen LogP contribution in [0.4, 0.5) is 4.39 Å². The molecular weight excluding hydrogens is 291 g/mol. The zero-order valence-corrected chi connectivity index (χ0v) is 11.7. The van der Waals surface area contributed by atoms with Gasteiger partial charge in [0.15, 0.2) is 0 Å². The highest BCUT2D eigenvalue weighted by Gasteiger charge is 2.17. The predicted octanol–water partition coefficient (Wildman–Crippen LogP) is 4.32. The zero-order chi connectivity index (χ0) is 14.8. The molecule has 5 heteroatoms. The number of ether oxygens (including phenoxy) is 1. The Balaban J connectivity index is 1.93. The van der Waals surface area contributed by atoms with Gasteiger partial charge in [0, 0.05) is 10.3 Å². The summed E-state index contributed by atoms with van der Waals surface area (Å²) in [7, 11) is 0. The number of halogens is 1. The molecule has 0 aliphatic carbocycles. The predicted molar refractivity (Wildman–Crippen MR) is 79.5 cm³/mol. The van der Waals surface area contributed by atoms with Crippen molar-refractivity contribution in [3.63, 3.8) is 0 Å². The summed E-state index contributed by atoms with van der Waals surface area (Å²) in [6.45, 7) is 0.136. The Morgan fingerprint density at radius 3 is 2.57 bits per heavy atom.